The van der Waals surface area contributed by atoms with E-state index in [0.717, 1.165) is 10.6 Å². The van der Waals surface area contributed by atoms with Gasteiger partial charge in [0.15, 0.2) is 0 Å². The van der Waals surface area contributed by atoms with Crippen molar-refractivity contribution in [2.45, 2.75) is 39.8 Å². The molecule has 0 unspecified atom stereocenters. The normalized spacial score (nSPS) is 12.2. The first kappa shape index (κ1) is 29.4. The maximum atomic E-state index is 13.7. The smallest absolute Gasteiger partial charge is 0.244 e. The third-order valence-corrected chi connectivity index (χ3v) is 6.79. The van der Waals surface area contributed by atoms with E-state index in [2.05, 4.69) is 5.32 Å². The topological polar surface area (TPSA) is 96.0 Å². The highest BCUT2D eigenvalue weighted by Gasteiger charge is 2.32. The molecule has 1 N–H and O–H groups in total. The number of halogens is 2. The molecule has 0 heterocycles. The van der Waals surface area contributed by atoms with E-state index in [0.29, 0.717) is 12.1 Å². The number of carbonyl (C=O) groups is 2. The number of hydrogen-bond acceptors (Lipinski definition) is 5. The van der Waals surface area contributed by atoms with Gasteiger partial charge in [0, 0.05) is 18.1 Å². The highest BCUT2D eigenvalue weighted by Crippen LogP contribution is 2.33. The zero-order chi connectivity index (χ0) is 27.0. The molecule has 0 saturated carbocycles. The molecule has 0 aliphatic heterocycles. The summed E-state index contributed by atoms with van der Waals surface area (Å²) >= 11 is 6.11. The van der Waals surface area contributed by atoms with Crippen LogP contribution in [-0.2, 0) is 26.2 Å². The van der Waals surface area contributed by atoms with E-state index < -0.39 is 34.3 Å². The molecule has 0 aromatic heterocycles. The van der Waals surface area contributed by atoms with Gasteiger partial charge in [-0.3, -0.25) is 13.9 Å². The quantitative estimate of drug-likeness (QED) is 0.440. The predicted octanol–water partition coefficient (Wildman–Crippen LogP) is 3.83. The molecule has 2 rings (SSSR count). The molecule has 11 heteroatoms. The number of carbonyl (C=O) groups excluding carboxylic acids is 2. The van der Waals surface area contributed by atoms with Crippen LogP contribution in [0.4, 0.5) is 10.1 Å². The molecule has 0 aliphatic carbocycles. The lowest BCUT2D eigenvalue weighted by Crippen LogP contribution is -2.52. The number of benzene rings is 2. The van der Waals surface area contributed by atoms with Gasteiger partial charge in [-0.1, -0.05) is 44.5 Å². The summed E-state index contributed by atoms with van der Waals surface area (Å²) in [6.07, 6.45) is 1.26. The van der Waals surface area contributed by atoms with Gasteiger partial charge in [0.1, 0.15) is 24.2 Å². The number of amides is 2. The molecule has 2 aromatic rings. The lowest BCUT2D eigenvalue weighted by atomic mass is 10.1. The fraction of sp³-hybridized carbons (Fsp3) is 0.440. The average Bonchev–Trinajstić information content (AvgIpc) is 2.81. The van der Waals surface area contributed by atoms with Crippen molar-refractivity contribution in [2.75, 3.05) is 30.8 Å². The molecule has 0 fully saturated rings. The summed E-state index contributed by atoms with van der Waals surface area (Å²) < 4.78 is 45.2. The first-order valence-electron chi connectivity index (χ1n) is 11.5. The molecular weight excluding hydrogens is 509 g/mol. The summed E-state index contributed by atoms with van der Waals surface area (Å²) in [6, 6.07) is 9.12. The van der Waals surface area contributed by atoms with E-state index in [1.54, 1.807) is 13.0 Å². The summed E-state index contributed by atoms with van der Waals surface area (Å²) in [5.41, 5.74) is 0.686. The minimum Gasteiger partial charge on any atom is -0.495 e. The zero-order valence-electron chi connectivity index (χ0n) is 21.1. The minimum atomic E-state index is -3.95. The van der Waals surface area contributed by atoms with Gasteiger partial charge in [0.2, 0.25) is 21.8 Å². The van der Waals surface area contributed by atoms with Gasteiger partial charge >= 0.3 is 0 Å². The van der Waals surface area contributed by atoms with E-state index >= 15 is 0 Å². The van der Waals surface area contributed by atoms with Crippen molar-refractivity contribution in [3.63, 3.8) is 0 Å². The maximum absolute atomic E-state index is 13.7. The highest BCUT2D eigenvalue weighted by molar-refractivity contribution is 7.92. The zero-order valence-corrected chi connectivity index (χ0v) is 22.7. The monoisotopic (exact) mass is 541 g/mol. The van der Waals surface area contributed by atoms with Gasteiger partial charge in [0.25, 0.3) is 0 Å². The SMILES string of the molecule is CC[C@@H](C(=O)NCC(C)C)N(Cc1ccc(F)cc1)C(=O)CN(c1cc(Cl)ccc1OC)S(C)(=O)=O. The van der Waals surface area contributed by atoms with Gasteiger partial charge < -0.3 is 15.0 Å². The number of sulfonamides is 1. The molecule has 0 spiro atoms. The fourth-order valence-electron chi connectivity index (χ4n) is 3.58. The van der Waals surface area contributed by atoms with Gasteiger partial charge in [-0.2, -0.15) is 0 Å². The number of hydrogen-bond donors (Lipinski definition) is 1. The number of anilines is 1. The Morgan fingerprint density at radius 2 is 1.78 bits per heavy atom. The molecule has 198 valence electrons. The molecule has 0 bridgehead atoms. The largest absolute Gasteiger partial charge is 0.495 e. The number of nitrogens with zero attached hydrogens (tertiary/aromatic N) is 2. The van der Waals surface area contributed by atoms with E-state index in [1.807, 2.05) is 13.8 Å². The molecule has 0 saturated heterocycles. The molecule has 0 radical (unpaired) electrons. The van der Waals surface area contributed by atoms with Crippen LogP contribution in [0.3, 0.4) is 0 Å². The lowest BCUT2D eigenvalue weighted by molar-refractivity contribution is -0.140. The predicted molar refractivity (Wildman–Crippen MR) is 139 cm³/mol. The van der Waals surface area contributed by atoms with Crippen LogP contribution in [0.1, 0.15) is 32.8 Å². The highest BCUT2D eigenvalue weighted by atomic mass is 35.5. The second kappa shape index (κ2) is 12.9. The molecule has 2 amide bonds. The van der Waals surface area contributed by atoms with Crippen LogP contribution in [0.2, 0.25) is 5.02 Å². The second-order valence-electron chi connectivity index (χ2n) is 8.80. The van der Waals surface area contributed by atoms with Crippen LogP contribution in [0.15, 0.2) is 42.5 Å². The third kappa shape index (κ3) is 8.09. The van der Waals surface area contributed by atoms with Crippen LogP contribution < -0.4 is 14.4 Å². The second-order valence-corrected chi connectivity index (χ2v) is 11.1. The lowest BCUT2D eigenvalue weighted by Gasteiger charge is -2.33. The van der Waals surface area contributed by atoms with Crippen LogP contribution in [-0.4, -0.2) is 57.6 Å². The van der Waals surface area contributed by atoms with Crippen LogP contribution in [0.25, 0.3) is 0 Å². The Morgan fingerprint density at radius 3 is 2.31 bits per heavy atom. The number of nitrogens with one attached hydrogen (secondary N) is 1. The van der Waals surface area contributed by atoms with Crippen molar-refractivity contribution < 1.29 is 27.1 Å². The van der Waals surface area contributed by atoms with Gasteiger partial charge in [0.05, 0.1) is 19.1 Å². The summed E-state index contributed by atoms with van der Waals surface area (Å²) in [4.78, 5) is 28.0. The Kier molecular flexibility index (Phi) is 10.5. The number of rotatable bonds is 12. The van der Waals surface area contributed by atoms with Crippen LogP contribution >= 0.6 is 11.6 Å². The molecule has 36 heavy (non-hydrogen) atoms. The third-order valence-electron chi connectivity index (χ3n) is 5.43. The number of methoxy groups -OCH3 is 1. The van der Waals surface area contributed by atoms with Crippen molar-refractivity contribution in [3.8, 4) is 5.75 Å². The van der Waals surface area contributed by atoms with Crippen molar-refractivity contribution in [2.24, 2.45) is 5.92 Å². The Morgan fingerprint density at radius 1 is 1.14 bits per heavy atom. The Hall–Kier alpha value is -2.85. The average molecular weight is 542 g/mol. The van der Waals surface area contributed by atoms with Crippen molar-refractivity contribution in [1.82, 2.24) is 10.2 Å². The van der Waals surface area contributed by atoms with Crippen molar-refractivity contribution in [1.29, 1.82) is 0 Å². The molecule has 8 nitrogen and oxygen atoms in total. The first-order chi connectivity index (χ1) is 16.9. The van der Waals surface area contributed by atoms with E-state index in [9.17, 15) is 22.4 Å². The fourth-order valence-corrected chi connectivity index (χ4v) is 4.59. The minimum absolute atomic E-state index is 0.0169. The number of ether oxygens (including phenoxy) is 1. The van der Waals surface area contributed by atoms with Gasteiger partial charge in [-0.25, -0.2) is 12.8 Å². The van der Waals surface area contributed by atoms with E-state index in [-0.39, 0.29) is 41.3 Å². The Labute approximate surface area is 217 Å². The van der Waals surface area contributed by atoms with E-state index in [1.165, 1.54) is 48.4 Å². The van der Waals surface area contributed by atoms with Gasteiger partial charge in [-0.05, 0) is 48.2 Å². The van der Waals surface area contributed by atoms with Crippen molar-refractivity contribution in [3.05, 3.63) is 58.9 Å². The van der Waals surface area contributed by atoms with Crippen LogP contribution in [0, 0.1) is 11.7 Å². The molecule has 2 aromatic carbocycles. The summed E-state index contributed by atoms with van der Waals surface area (Å²) in [5.74, 6) is -0.992. The summed E-state index contributed by atoms with van der Waals surface area (Å²) in [5, 5.41) is 3.10. The Bertz CT molecular complexity index is 1160. The standard InChI is InChI=1S/C25H33ClFN3O5S/c1-6-21(25(32)28-14-17(2)3)29(15-18-7-10-20(27)11-8-18)24(31)16-30(36(5,33)34)22-13-19(26)9-12-23(22)35-4/h7-13,17,21H,6,14-16H2,1-5H3,(H,28,32)/t21-/m0/s1. The summed E-state index contributed by atoms with van der Waals surface area (Å²) in [7, 11) is -2.57. The molecule has 0 aliphatic rings. The molecular formula is C25H33ClFN3O5S. The van der Waals surface area contributed by atoms with Crippen molar-refractivity contribution >= 4 is 39.1 Å². The Balaban J connectivity index is 2.48. The van der Waals surface area contributed by atoms with E-state index in [4.69, 9.17) is 16.3 Å². The summed E-state index contributed by atoms with van der Waals surface area (Å²) in [6.45, 7) is 5.47. The van der Waals surface area contributed by atoms with Gasteiger partial charge in [-0.15, -0.1) is 0 Å². The maximum Gasteiger partial charge on any atom is 0.244 e. The molecule has 1 atom stereocenters. The first-order valence-corrected chi connectivity index (χ1v) is 13.7. The van der Waals surface area contributed by atoms with Crippen LogP contribution in [0.5, 0.6) is 5.75 Å².